The molecule has 0 amide bonds. The predicted molar refractivity (Wildman–Crippen MR) is 61.2 cm³/mol. The minimum absolute atomic E-state index is 0.0558. The zero-order valence-corrected chi connectivity index (χ0v) is 9.38. The normalized spacial score (nSPS) is 10.2. The lowest BCUT2D eigenvalue weighted by molar-refractivity contribution is -0.380. The highest BCUT2D eigenvalue weighted by Crippen LogP contribution is 2.36. The van der Waals surface area contributed by atoms with Crippen LogP contribution in [0.4, 0.5) is 5.00 Å². The van der Waals surface area contributed by atoms with Crippen molar-refractivity contribution in [1.29, 1.82) is 0 Å². The van der Waals surface area contributed by atoms with Gasteiger partial charge in [0.05, 0.1) is 9.80 Å². The van der Waals surface area contributed by atoms with E-state index in [1.165, 1.54) is 12.1 Å². The van der Waals surface area contributed by atoms with Crippen LogP contribution in [0.15, 0.2) is 24.3 Å². The van der Waals surface area contributed by atoms with Crippen LogP contribution in [0.25, 0.3) is 9.75 Å². The second-order valence-corrected chi connectivity index (χ2v) is 5.01. The highest BCUT2D eigenvalue weighted by Gasteiger charge is 2.14. The van der Waals surface area contributed by atoms with E-state index in [2.05, 4.69) is 0 Å². The van der Waals surface area contributed by atoms with Crippen LogP contribution in [-0.4, -0.2) is 16.0 Å². The average molecular weight is 255 g/mol. The van der Waals surface area contributed by atoms with Gasteiger partial charge in [-0.25, -0.2) is 4.79 Å². The van der Waals surface area contributed by atoms with Crippen LogP contribution in [0.3, 0.4) is 0 Å². The average Bonchev–Trinajstić information content (AvgIpc) is 2.86. The SMILES string of the molecule is O=C(O)c1ccc(-c2ccc([N+](=O)[O-])s2)s1. The van der Waals surface area contributed by atoms with Crippen LogP contribution < -0.4 is 0 Å². The number of aromatic carboxylic acids is 1. The Labute approximate surface area is 97.7 Å². The first-order valence-electron chi connectivity index (χ1n) is 4.15. The zero-order valence-electron chi connectivity index (χ0n) is 7.75. The van der Waals surface area contributed by atoms with Crippen LogP contribution in [-0.2, 0) is 0 Å². The lowest BCUT2D eigenvalue weighted by Gasteiger charge is -1.87. The van der Waals surface area contributed by atoms with E-state index < -0.39 is 10.9 Å². The van der Waals surface area contributed by atoms with Crippen molar-refractivity contribution in [3.05, 3.63) is 39.3 Å². The molecule has 2 aromatic heterocycles. The summed E-state index contributed by atoms with van der Waals surface area (Å²) in [6, 6.07) is 6.19. The molecule has 0 fully saturated rings. The van der Waals surface area contributed by atoms with Crippen LogP contribution in [0.2, 0.25) is 0 Å². The van der Waals surface area contributed by atoms with Crippen molar-refractivity contribution >= 4 is 33.6 Å². The number of hydrogen-bond donors (Lipinski definition) is 1. The van der Waals surface area contributed by atoms with Gasteiger partial charge in [-0.05, 0) is 18.2 Å². The number of thiophene rings is 2. The first kappa shape index (κ1) is 10.8. The zero-order chi connectivity index (χ0) is 11.7. The maximum Gasteiger partial charge on any atom is 0.345 e. The number of hydrogen-bond acceptors (Lipinski definition) is 5. The fourth-order valence-corrected chi connectivity index (χ4v) is 2.90. The van der Waals surface area contributed by atoms with Gasteiger partial charge in [0.1, 0.15) is 4.88 Å². The molecule has 0 aliphatic heterocycles. The third-order valence-electron chi connectivity index (χ3n) is 1.83. The van der Waals surface area contributed by atoms with Crippen LogP contribution in [0.5, 0.6) is 0 Å². The second-order valence-electron chi connectivity index (χ2n) is 2.86. The van der Waals surface area contributed by atoms with Gasteiger partial charge >= 0.3 is 11.0 Å². The molecule has 0 bridgehead atoms. The molecule has 0 aromatic carbocycles. The van der Waals surface area contributed by atoms with Crippen LogP contribution in [0.1, 0.15) is 9.67 Å². The molecule has 82 valence electrons. The van der Waals surface area contributed by atoms with Gasteiger partial charge in [0.15, 0.2) is 0 Å². The topological polar surface area (TPSA) is 80.4 Å². The lowest BCUT2D eigenvalue weighted by Crippen LogP contribution is -1.89. The number of carboxylic acid groups (broad SMARTS) is 1. The van der Waals surface area contributed by atoms with E-state index in [0.717, 1.165) is 27.6 Å². The van der Waals surface area contributed by atoms with Crippen molar-refractivity contribution in [3.63, 3.8) is 0 Å². The molecule has 0 saturated carbocycles. The van der Waals surface area contributed by atoms with E-state index in [9.17, 15) is 14.9 Å². The van der Waals surface area contributed by atoms with Gasteiger partial charge in [-0.3, -0.25) is 10.1 Å². The lowest BCUT2D eigenvalue weighted by atomic mass is 10.4. The molecular formula is C9H5NO4S2. The first-order chi connectivity index (χ1) is 7.58. The van der Waals surface area contributed by atoms with Gasteiger partial charge in [-0.15, -0.1) is 11.3 Å². The Kier molecular flexibility index (Phi) is 2.71. The highest BCUT2D eigenvalue weighted by atomic mass is 32.1. The monoisotopic (exact) mass is 255 g/mol. The molecule has 2 heterocycles. The van der Waals surface area contributed by atoms with E-state index in [0.29, 0.717) is 4.88 Å². The van der Waals surface area contributed by atoms with E-state index in [1.807, 2.05) is 0 Å². The van der Waals surface area contributed by atoms with Crippen molar-refractivity contribution in [1.82, 2.24) is 0 Å². The largest absolute Gasteiger partial charge is 0.477 e. The molecular weight excluding hydrogens is 250 g/mol. The molecule has 0 aliphatic rings. The highest BCUT2D eigenvalue weighted by molar-refractivity contribution is 7.24. The summed E-state index contributed by atoms with van der Waals surface area (Å²) in [6.07, 6.45) is 0. The molecule has 16 heavy (non-hydrogen) atoms. The minimum Gasteiger partial charge on any atom is -0.477 e. The summed E-state index contributed by atoms with van der Waals surface area (Å²) in [5.41, 5.74) is 0. The second kappa shape index (κ2) is 4.03. The molecule has 0 saturated heterocycles. The smallest absolute Gasteiger partial charge is 0.345 e. The maximum atomic E-state index is 10.7. The first-order valence-corrected chi connectivity index (χ1v) is 5.79. The summed E-state index contributed by atoms with van der Waals surface area (Å²) < 4.78 is 0. The fourth-order valence-electron chi connectivity index (χ4n) is 1.14. The molecule has 0 aliphatic carbocycles. The number of carbonyl (C=O) groups is 1. The Bertz CT molecular complexity index is 507. The quantitative estimate of drug-likeness (QED) is 0.675. The molecule has 5 nitrogen and oxygen atoms in total. The Morgan fingerprint density at radius 1 is 1.19 bits per heavy atom. The van der Waals surface area contributed by atoms with E-state index in [-0.39, 0.29) is 9.88 Å². The molecule has 2 rings (SSSR count). The fraction of sp³-hybridized carbons (Fsp3) is 0. The summed E-state index contributed by atoms with van der Waals surface area (Å²) in [7, 11) is 0. The van der Waals surface area contributed by atoms with Gasteiger partial charge in [-0.2, -0.15) is 0 Å². The number of nitro groups is 1. The van der Waals surface area contributed by atoms with Crippen molar-refractivity contribution in [3.8, 4) is 9.75 Å². The van der Waals surface area contributed by atoms with Gasteiger partial charge in [0.2, 0.25) is 0 Å². The van der Waals surface area contributed by atoms with E-state index in [4.69, 9.17) is 5.11 Å². The van der Waals surface area contributed by atoms with Crippen molar-refractivity contribution < 1.29 is 14.8 Å². The van der Waals surface area contributed by atoms with E-state index >= 15 is 0 Å². The summed E-state index contributed by atoms with van der Waals surface area (Å²) in [6.45, 7) is 0. The number of carboxylic acids is 1. The maximum absolute atomic E-state index is 10.7. The molecule has 0 spiro atoms. The van der Waals surface area contributed by atoms with Gasteiger partial charge in [-0.1, -0.05) is 11.3 Å². The van der Waals surface area contributed by atoms with E-state index in [1.54, 1.807) is 12.1 Å². The van der Waals surface area contributed by atoms with Crippen LogP contribution in [0, 0.1) is 10.1 Å². The summed E-state index contributed by atoms with van der Waals surface area (Å²) in [5.74, 6) is -0.984. The number of nitrogens with zero attached hydrogens (tertiary/aromatic N) is 1. The molecule has 7 heteroatoms. The number of rotatable bonds is 3. The Hall–Kier alpha value is -1.73. The Balaban J connectivity index is 2.35. The molecule has 0 radical (unpaired) electrons. The Morgan fingerprint density at radius 3 is 2.31 bits per heavy atom. The van der Waals surface area contributed by atoms with Gasteiger partial charge < -0.3 is 5.11 Å². The predicted octanol–water partition coefficient (Wildman–Crippen LogP) is 3.08. The van der Waals surface area contributed by atoms with Crippen molar-refractivity contribution in [2.24, 2.45) is 0 Å². The molecule has 0 unspecified atom stereocenters. The third kappa shape index (κ3) is 1.95. The molecule has 0 atom stereocenters. The minimum atomic E-state index is -0.984. The van der Waals surface area contributed by atoms with Crippen molar-refractivity contribution in [2.75, 3.05) is 0 Å². The van der Waals surface area contributed by atoms with Crippen LogP contribution >= 0.6 is 22.7 Å². The van der Waals surface area contributed by atoms with Crippen molar-refractivity contribution in [2.45, 2.75) is 0 Å². The van der Waals surface area contributed by atoms with Gasteiger partial charge in [0.25, 0.3) is 0 Å². The Morgan fingerprint density at radius 2 is 1.81 bits per heavy atom. The summed E-state index contributed by atoms with van der Waals surface area (Å²) in [4.78, 5) is 22.4. The molecule has 2 aromatic rings. The third-order valence-corrected chi connectivity index (χ3v) is 4.14. The molecule has 1 N–H and O–H groups in total. The summed E-state index contributed by atoms with van der Waals surface area (Å²) in [5, 5.41) is 19.3. The van der Waals surface area contributed by atoms with Gasteiger partial charge in [0, 0.05) is 10.9 Å². The standard InChI is InChI=1S/C9H5NO4S2/c11-9(12)7-2-1-5(15-7)6-3-4-8(16-6)10(13)14/h1-4H,(H,11,12). The summed E-state index contributed by atoms with van der Waals surface area (Å²) >= 11 is 2.14.